The lowest BCUT2D eigenvalue weighted by atomic mass is 10.1. The number of aromatic amines is 1. The highest BCUT2D eigenvalue weighted by molar-refractivity contribution is 5.89. The highest BCUT2D eigenvalue weighted by atomic mass is 16.5. The maximum Gasteiger partial charge on any atom is 0.216 e. The SMILES string of the molecule is CCCCOc1cccc2[nH]cc(CCNC(C)=O)c12. The van der Waals surface area contributed by atoms with Gasteiger partial charge in [0.05, 0.1) is 6.61 Å². The Morgan fingerprint density at radius 2 is 2.25 bits per heavy atom. The lowest BCUT2D eigenvalue weighted by Gasteiger charge is -2.08. The van der Waals surface area contributed by atoms with Crippen LogP contribution in [0.3, 0.4) is 0 Å². The molecule has 1 heterocycles. The van der Waals surface area contributed by atoms with E-state index in [1.54, 1.807) is 0 Å². The molecule has 108 valence electrons. The Balaban J connectivity index is 2.15. The van der Waals surface area contributed by atoms with E-state index >= 15 is 0 Å². The summed E-state index contributed by atoms with van der Waals surface area (Å²) in [6.45, 7) is 5.07. The van der Waals surface area contributed by atoms with Crippen molar-refractivity contribution in [3.05, 3.63) is 30.0 Å². The van der Waals surface area contributed by atoms with Gasteiger partial charge >= 0.3 is 0 Å². The first kappa shape index (κ1) is 14.4. The topological polar surface area (TPSA) is 54.1 Å². The molecule has 1 amide bonds. The Bertz CT molecular complexity index is 575. The van der Waals surface area contributed by atoms with Gasteiger partial charge in [-0.2, -0.15) is 0 Å². The highest BCUT2D eigenvalue weighted by Crippen LogP contribution is 2.29. The number of hydrogen-bond acceptors (Lipinski definition) is 2. The summed E-state index contributed by atoms with van der Waals surface area (Å²) in [6.07, 6.45) is 4.98. The van der Waals surface area contributed by atoms with E-state index < -0.39 is 0 Å². The van der Waals surface area contributed by atoms with Crippen LogP contribution in [0.5, 0.6) is 5.75 Å². The third-order valence-corrected chi connectivity index (χ3v) is 3.27. The van der Waals surface area contributed by atoms with Crippen LogP contribution < -0.4 is 10.1 Å². The maximum atomic E-state index is 10.9. The molecule has 20 heavy (non-hydrogen) atoms. The molecule has 0 aliphatic carbocycles. The maximum absolute atomic E-state index is 10.9. The van der Waals surface area contributed by atoms with E-state index in [1.807, 2.05) is 24.4 Å². The average molecular weight is 274 g/mol. The van der Waals surface area contributed by atoms with Crippen LogP contribution in [0.25, 0.3) is 10.9 Å². The molecule has 2 rings (SSSR count). The quantitative estimate of drug-likeness (QED) is 0.762. The monoisotopic (exact) mass is 274 g/mol. The zero-order chi connectivity index (χ0) is 14.4. The van der Waals surface area contributed by atoms with Gasteiger partial charge in [-0.05, 0) is 30.5 Å². The smallest absolute Gasteiger partial charge is 0.216 e. The number of rotatable bonds is 7. The van der Waals surface area contributed by atoms with Crippen LogP contribution in [0.15, 0.2) is 24.4 Å². The number of nitrogens with one attached hydrogen (secondary N) is 2. The second-order valence-corrected chi connectivity index (χ2v) is 4.93. The van der Waals surface area contributed by atoms with Crippen molar-refractivity contribution >= 4 is 16.8 Å². The fourth-order valence-electron chi connectivity index (χ4n) is 2.24. The summed E-state index contributed by atoms with van der Waals surface area (Å²) in [7, 11) is 0. The third-order valence-electron chi connectivity index (χ3n) is 3.27. The number of carbonyl (C=O) groups excluding carboxylic acids is 1. The first-order valence-corrected chi connectivity index (χ1v) is 7.18. The van der Waals surface area contributed by atoms with Crippen LogP contribution in [0.2, 0.25) is 0 Å². The second kappa shape index (κ2) is 6.98. The molecule has 0 aliphatic rings. The molecule has 0 spiro atoms. The van der Waals surface area contributed by atoms with Crippen LogP contribution in [0.4, 0.5) is 0 Å². The molecule has 0 radical (unpaired) electrons. The van der Waals surface area contributed by atoms with Crippen molar-refractivity contribution in [1.29, 1.82) is 0 Å². The molecule has 0 saturated carbocycles. The van der Waals surface area contributed by atoms with E-state index in [-0.39, 0.29) is 5.91 Å². The fraction of sp³-hybridized carbons (Fsp3) is 0.438. The van der Waals surface area contributed by atoms with Gasteiger partial charge in [-0.3, -0.25) is 4.79 Å². The molecule has 0 bridgehead atoms. The van der Waals surface area contributed by atoms with Crippen molar-refractivity contribution in [2.75, 3.05) is 13.2 Å². The molecule has 4 heteroatoms. The number of aromatic nitrogens is 1. The molecule has 0 fully saturated rings. The van der Waals surface area contributed by atoms with Gasteiger partial charge in [-0.25, -0.2) is 0 Å². The molecular formula is C16H22N2O2. The molecular weight excluding hydrogens is 252 g/mol. The standard InChI is InChI=1S/C16H22N2O2/c1-3-4-10-20-15-7-5-6-14-16(15)13(11-18-14)8-9-17-12(2)19/h5-7,11,18H,3-4,8-10H2,1-2H3,(H,17,19). The fourth-order valence-corrected chi connectivity index (χ4v) is 2.24. The molecule has 0 atom stereocenters. The van der Waals surface area contributed by atoms with E-state index in [0.29, 0.717) is 6.54 Å². The molecule has 2 N–H and O–H groups in total. The number of H-pyrrole nitrogens is 1. The van der Waals surface area contributed by atoms with E-state index in [4.69, 9.17) is 4.74 Å². The number of unbranched alkanes of at least 4 members (excludes halogenated alkanes) is 1. The Morgan fingerprint density at radius 3 is 3.00 bits per heavy atom. The van der Waals surface area contributed by atoms with Gasteiger partial charge < -0.3 is 15.0 Å². The average Bonchev–Trinajstić information content (AvgIpc) is 2.83. The van der Waals surface area contributed by atoms with E-state index in [1.165, 1.54) is 12.5 Å². The normalized spacial score (nSPS) is 10.7. The first-order chi connectivity index (χ1) is 9.72. The van der Waals surface area contributed by atoms with Gasteiger partial charge in [-0.1, -0.05) is 19.4 Å². The van der Waals surface area contributed by atoms with Gasteiger partial charge in [0.1, 0.15) is 5.75 Å². The van der Waals surface area contributed by atoms with Crippen molar-refractivity contribution < 1.29 is 9.53 Å². The Morgan fingerprint density at radius 1 is 1.40 bits per heavy atom. The number of amides is 1. The van der Waals surface area contributed by atoms with Crippen LogP contribution >= 0.6 is 0 Å². The molecule has 1 aromatic carbocycles. The van der Waals surface area contributed by atoms with E-state index in [0.717, 1.165) is 42.5 Å². The van der Waals surface area contributed by atoms with Gasteiger partial charge in [0.15, 0.2) is 0 Å². The summed E-state index contributed by atoms with van der Waals surface area (Å²) in [5, 5.41) is 3.96. The molecule has 1 aromatic heterocycles. The minimum atomic E-state index is 0.00394. The lowest BCUT2D eigenvalue weighted by molar-refractivity contribution is -0.118. The summed E-state index contributed by atoms with van der Waals surface area (Å²) in [4.78, 5) is 14.2. The van der Waals surface area contributed by atoms with Gasteiger partial charge in [0, 0.05) is 30.6 Å². The summed E-state index contributed by atoms with van der Waals surface area (Å²) < 4.78 is 5.88. The summed E-state index contributed by atoms with van der Waals surface area (Å²) >= 11 is 0. The number of carbonyl (C=O) groups is 1. The van der Waals surface area contributed by atoms with Gasteiger partial charge in [-0.15, -0.1) is 0 Å². The lowest BCUT2D eigenvalue weighted by Crippen LogP contribution is -2.22. The predicted molar refractivity (Wildman–Crippen MR) is 81.1 cm³/mol. The zero-order valence-electron chi connectivity index (χ0n) is 12.2. The Kier molecular flexibility index (Phi) is 5.04. The van der Waals surface area contributed by atoms with Crippen molar-refractivity contribution in [2.45, 2.75) is 33.1 Å². The third kappa shape index (κ3) is 3.53. The van der Waals surface area contributed by atoms with Crippen LogP contribution in [0, 0.1) is 0 Å². The van der Waals surface area contributed by atoms with Gasteiger partial charge in [0.2, 0.25) is 5.91 Å². The summed E-state index contributed by atoms with van der Waals surface area (Å²) in [5.41, 5.74) is 2.26. The Labute approximate surface area is 119 Å². The highest BCUT2D eigenvalue weighted by Gasteiger charge is 2.09. The van der Waals surface area contributed by atoms with E-state index in [2.05, 4.69) is 17.2 Å². The molecule has 0 saturated heterocycles. The van der Waals surface area contributed by atoms with Crippen LogP contribution in [-0.4, -0.2) is 24.0 Å². The minimum absolute atomic E-state index is 0.00394. The molecule has 0 aliphatic heterocycles. The van der Waals surface area contributed by atoms with Crippen molar-refractivity contribution in [3.63, 3.8) is 0 Å². The zero-order valence-corrected chi connectivity index (χ0v) is 12.2. The van der Waals surface area contributed by atoms with Crippen molar-refractivity contribution in [2.24, 2.45) is 0 Å². The Hall–Kier alpha value is -1.97. The van der Waals surface area contributed by atoms with Crippen LogP contribution in [-0.2, 0) is 11.2 Å². The van der Waals surface area contributed by atoms with Gasteiger partial charge in [0.25, 0.3) is 0 Å². The summed E-state index contributed by atoms with van der Waals surface area (Å²) in [6, 6.07) is 6.05. The molecule has 2 aromatic rings. The number of benzene rings is 1. The predicted octanol–water partition coefficient (Wildman–Crippen LogP) is 3.03. The van der Waals surface area contributed by atoms with Crippen molar-refractivity contribution in [3.8, 4) is 5.75 Å². The number of ether oxygens (including phenoxy) is 1. The van der Waals surface area contributed by atoms with Crippen molar-refractivity contribution in [1.82, 2.24) is 10.3 Å². The first-order valence-electron chi connectivity index (χ1n) is 7.18. The second-order valence-electron chi connectivity index (χ2n) is 4.93. The van der Waals surface area contributed by atoms with Crippen LogP contribution in [0.1, 0.15) is 32.3 Å². The van der Waals surface area contributed by atoms with E-state index in [9.17, 15) is 4.79 Å². The largest absolute Gasteiger partial charge is 0.493 e. The number of fused-ring (bicyclic) bond motifs is 1. The molecule has 0 unspecified atom stereocenters. The number of hydrogen-bond donors (Lipinski definition) is 2. The summed E-state index contributed by atoms with van der Waals surface area (Å²) in [5.74, 6) is 0.930. The minimum Gasteiger partial charge on any atom is -0.493 e. The molecule has 4 nitrogen and oxygen atoms in total.